The van der Waals surface area contributed by atoms with Crippen molar-refractivity contribution in [2.45, 2.75) is 20.0 Å². The highest BCUT2D eigenvalue weighted by Gasteiger charge is 2.16. The van der Waals surface area contributed by atoms with Gasteiger partial charge in [0.1, 0.15) is 11.5 Å². The summed E-state index contributed by atoms with van der Waals surface area (Å²) in [6.45, 7) is 3.43. The van der Waals surface area contributed by atoms with Gasteiger partial charge in [-0.15, -0.1) is 0 Å². The van der Waals surface area contributed by atoms with Crippen LogP contribution in [0.2, 0.25) is 0 Å². The number of hydrogen-bond acceptors (Lipinski definition) is 6. The third-order valence-corrected chi connectivity index (χ3v) is 4.16. The Morgan fingerprint density at radius 1 is 1.11 bits per heavy atom. The fraction of sp³-hybridized carbons (Fsp3) is 0.143. The Morgan fingerprint density at radius 2 is 1.86 bits per heavy atom. The molecule has 7 nitrogen and oxygen atoms in total. The summed E-state index contributed by atoms with van der Waals surface area (Å²) in [6, 6.07) is 16.8. The molecule has 0 spiro atoms. The molecule has 1 atom stereocenters. The summed E-state index contributed by atoms with van der Waals surface area (Å²) >= 11 is 0. The first-order valence-electron chi connectivity index (χ1n) is 8.81. The standard InChI is InChI=1S/C21H18N4O3/c1-13-11-20(25-28-13)24-21(26)14(2)27-16-9-7-15(8-10-16)19-12-22-17-5-3-4-6-18(17)23-19/h3-12,14H,1-2H3,(H,24,25,26). The number of benzene rings is 2. The maximum atomic E-state index is 12.2. The van der Waals surface area contributed by atoms with Crippen molar-refractivity contribution in [3.05, 3.63) is 66.6 Å². The minimum atomic E-state index is -0.691. The number of nitrogens with zero attached hydrogens (tertiary/aromatic N) is 3. The zero-order valence-electron chi connectivity index (χ0n) is 15.4. The molecule has 2 aromatic carbocycles. The monoisotopic (exact) mass is 374 g/mol. The van der Waals surface area contributed by atoms with E-state index >= 15 is 0 Å². The number of anilines is 1. The SMILES string of the molecule is Cc1cc(NC(=O)C(C)Oc2ccc(-c3cnc4ccccc4n3)cc2)no1. The molecular formula is C21H18N4O3. The minimum absolute atomic E-state index is 0.308. The van der Waals surface area contributed by atoms with Crippen LogP contribution in [0.5, 0.6) is 5.75 Å². The molecule has 1 amide bonds. The van der Waals surface area contributed by atoms with E-state index in [1.165, 1.54) is 0 Å². The molecule has 1 N–H and O–H groups in total. The molecule has 28 heavy (non-hydrogen) atoms. The van der Waals surface area contributed by atoms with E-state index in [0.29, 0.717) is 17.3 Å². The average Bonchev–Trinajstić information content (AvgIpc) is 3.12. The number of hydrogen-bond donors (Lipinski definition) is 1. The number of carbonyl (C=O) groups is 1. The topological polar surface area (TPSA) is 90.1 Å². The average molecular weight is 374 g/mol. The van der Waals surface area contributed by atoms with Crippen LogP contribution in [0.15, 0.2) is 65.3 Å². The molecular weight excluding hydrogens is 356 g/mol. The van der Waals surface area contributed by atoms with Gasteiger partial charge in [0.15, 0.2) is 11.9 Å². The Balaban J connectivity index is 1.44. The molecule has 4 rings (SSSR count). The smallest absolute Gasteiger partial charge is 0.266 e. The van der Waals surface area contributed by atoms with E-state index < -0.39 is 6.10 Å². The Morgan fingerprint density at radius 3 is 2.57 bits per heavy atom. The van der Waals surface area contributed by atoms with Crippen molar-refractivity contribution in [2.75, 3.05) is 5.32 Å². The molecule has 0 aliphatic rings. The minimum Gasteiger partial charge on any atom is -0.481 e. The summed E-state index contributed by atoms with van der Waals surface area (Å²) in [5, 5.41) is 6.39. The van der Waals surface area contributed by atoms with Gasteiger partial charge in [0.05, 0.1) is 22.9 Å². The van der Waals surface area contributed by atoms with Gasteiger partial charge < -0.3 is 14.6 Å². The second-order valence-electron chi connectivity index (χ2n) is 6.34. The molecule has 4 aromatic rings. The van der Waals surface area contributed by atoms with E-state index in [4.69, 9.17) is 9.26 Å². The van der Waals surface area contributed by atoms with Crippen LogP contribution in [-0.4, -0.2) is 27.1 Å². The van der Waals surface area contributed by atoms with Gasteiger partial charge in [-0.05, 0) is 50.2 Å². The maximum absolute atomic E-state index is 12.2. The number of ether oxygens (including phenoxy) is 1. The largest absolute Gasteiger partial charge is 0.481 e. The molecule has 0 fully saturated rings. The summed E-state index contributed by atoms with van der Waals surface area (Å²) in [5.74, 6) is 1.26. The van der Waals surface area contributed by atoms with Gasteiger partial charge in [-0.3, -0.25) is 9.78 Å². The number of carbonyl (C=O) groups excluding carboxylic acids is 1. The van der Waals surface area contributed by atoms with Crippen molar-refractivity contribution in [3.63, 3.8) is 0 Å². The van der Waals surface area contributed by atoms with Crippen LogP contribution < -0.4 is 10.1 Å². The Labute approximate surface area is 161 Å². The molecule has 2 aromatic heterocycles. The van der Waals surface area contributed by atoms with Crippen LogP contribution in [0.3, 0.4) is 0 Å². The Kier molecular flexibility index (Phi) is 4.72. The van der Waals surface area contributed by atoms with E-state index in [9.17, 15) is 4.79 Å². The first kappa shape index (κ1) is 17.7. The van der Waals surface area contributed by atoms with E-state index in [2.05, 4.69) is 20.4 Å². The fourth-order valence-electron chi connectivity index (χ4n) is 2.71. The summed E-state index contributed by atoms with van der Waals surface area (Å²) < 4.78 is 10.6. The lowest BCUT2D eigenvalue weighted by Gasteiger charge is -2.14. The first-order chi connectivity index (χ1) is 13.6. The molecule has 2 heterocycles. The summed E-state index contributed by atoms with van der Waals surface area (Å²) in [4.78, 5) is 21.3. The lowest BCUT2D eigenvalue weighted by atomic mass is 10.1. The quantitative estimate of drug-likeness (QED) is 0.568. The Bertz CT molecular complexity index is 1120. The molecule has 0 radical (unpaired) electrons. The van der Waals surface area contributed by atoms with E-state index in [-0.39, 0.29) is 5.91 Å². The van der Waals surface area contributed by atoms with E-state index in [1.807, 2.05) is 36.4 Å². The number of amides is 1. The van der Waals surface area contributed by atoms with Gasteiger partial charge in [0.2, 0.25) is 0 Å². The van der Waals surface area contributed by atoms with Gasteiger partial charge >= 0.3 is 0 Å². The van der Waals surface area contributed by atoms with Crippen molar-refractivity contribution in [1.29, 1.82) is 0 Å². The first-order valence-corrected chi connectivity index (χ1v) is 8.81. The number of aromatic nitrogens is 3. The molecule has 7 heteroatoms. The highest BCUT2D eigenvalue weighted by atomic mass is 16.5. The highest BCUT2D eigenvalue weighted by Crippen LogP contribution is 2.23. The third-order valence-electron chi connectivity index (χ3n) is 4.16. The summed E-state index contributed by atoms with van der Waals surface area (Å²) in [7, 11) is 0. The zero-order valence-corrected chi connectivity index (χ0v) is 15.4. The summed E-state index contributed by atoms with van der Waals surface area (Å²) in [5.41, 5.74) is 3.39. The number of nitrogens with one attached hydrogen (secondary N) is 1. The molecule has 140 valence electrons. The van der Waals surface area contributed by atoms with Crippen molar-refractivity contribution in [1.82, 2.24) is 15.1 Å². The van der Waals surface area contributed by atoms with Crippen LogP contribution in [-0.2, 0) is 4.79 Å². The van der Waals surface area contributed by atoms with Gasteiger partial charge in [0.25, 0.3) is 5.91 Å². The lowest BCUT2D eigenvalue weighted by Crippen LogP contribution is -2.30. The third kappa shape index (κ3) is 3.83. The second-order valence-corrected chi connectivity index (χ2v) is 6.34. The second kappa shape index (κ2) is 7.48. The van der Waals surface area contributed by atoms with Gasteiger partial charge in [-0.1, -0.05) is 17.3 Å². The van der Waals surface area contributed by atoms with Crippen LogP contribution in [0.25, 0.3) is 22.3 Å². The van der Waals surface area contributed by atoms with Crippen molar-refractivity contribution in [2.24, 2.45) is 0 Å². The van der Waals surface area contributed by atoms with Crippen LogP contribution in [0.4, 0.5) is 5.82 Å². The molecule has 0 bridgehead atoms. The van der Waals surface area contributed by atoms with E-state index in [0.717, 1.165) is 22.3 Å². The van der Waals surface area contributed by atoms with Crippen molar-refractivity contribution < 1.29 is 14.1 Å². The molecule has 0 aliphatic carbocycles. The molecule has 1 unspecified atom stereocenters. The lowest BCUT2D eigenvalue weighted by molar-refractivity contribution is -0.122. The number of aryl methyl sites for hydroxylation is 1. The van der Waals surface area contributed by atoms with E-state index in [1.54, 1.807) is 38.2 Å². The normalized spacial score (nSPS) is 11.9. The van der Waals surface area contributed by atoms with Crippen molar-refractivity contribution >= 4 is 22.8 Å². The molecule has 0 aliphatic heterocycles. The molecule has 0 saturated carbocycles. The number of rotatable bonds is 5. The predicted octanol–water partition coefficient (Wildman–Crippen LogP) is 4.00. The molecule has 0 saturated heterocycles. The predicted molar refractivity (Wildman–Crippen MR) is 105 cm³/mol. The summed E-state index contributed by atoms with van der Waals surface area (Å²) in [6.07, 6.45) is 1.05. The van der Waals surface area contributed by atoms with Gasteiger partial charge in [0, 0.05) is 11.6 Å². The van der Waals surface area contributed by atoms with Crippen molar-refractivity contribution in [3.8, 4) is 17.0 Å². The van der Waals surface area contributed by atoms with Crippen LogP contribution in [0, 0.1) is 6.92 Å². The van der Waals surface area contributed by atoms with Crippen LogP contribution in [0.1, 0.15) is 12.7 Å². The number of fused-ring (bicyclic) bond motifs is 1. The zero-order chi connectivity index (χ0) is 19.5. The highest BCUT2D eigenvalue weighted by molar-refractivity contribution is 5.93. The Hall–Kier alpha value is -3.74. The number of para-hydroxylation sites is 2. The van der Waals surface area contributed by atoms with Gasteiger partial charge in [-0.25, -0.2) is 4.98 Å². The van der Waals surface area contributed by atoms with Crippen LogP contribution >= 0.6 is 0 Å². The van der Waals surface area contributed by atoms with Gasteiger partial charge in [-0.2, -0.15) is 0 Å². The fourth-order valence-corrected chi connectivity index (χ4v) is 2.71. The maximum Gasteiger partial charge on any atom is 0.266 e.